The number of amides is 3. The molecular formula is C21H23N5O5. The van der Waals surface area contributed by atoms with Crippen LogP contribution in [-0.2, 0) is 9.59 Å². The average Bonchev–Trinajstić information content (AvgIpc) is 2.77. The summed E-state index contributed by atoms with van der Waals surface area (Å²) in [5.74, 6) is -1.76. The molecule has 0 unspecified atom stereocenters. The molecule has 31 heavy (non-hydrogen) atoms. The highest BCUT2D eigenvalue weighted by Gasteiger charge is 2.25. The molecule has 3 amide bonds. The van der Waals surface area contributed by atoms with E-state index >= 15 is 0 Å². The minimum Gasteiger partial charge on any atom is -0.391 e. The first-order valence-corrected chi connectivity index (χ1v) is 9.36. The van der Waals surface area contributed by atoms with Crippen molar-refractivity contribution in [1.82, 2.24) is 16.1 Å². The van der Waals surface area contributed by atoms with Crippen molar-refractivity contribution in [2.24, 2.45) is 0 Å². The van der Waals surface area contributed by atoms with Gasteiger partial charge in [-0.25, -0.2) is 5.48 Å². The Morgan fingerprint density at radius 2 is 1.61 bits per heavy atom. The zero-order valence-electron chi connectivity index (χ0n) is 16.8. The van der Waals surface area contributed by atoms with Gasteiger partial charge in [0.1, 0.15) is 6.04 Å². The van der Waals surface area contributed by atoms with Crippen molar-refractivity contribution in [3.63, 3.8) is 0 Å². The molecule has 0 saturated heterocycles. The lowest BCUT2D eigenvalue weighted by molar-refractivity contribution is -0.133. The number of hydroxylamine groups is 1. The number of nitrogens with zero attached hydrogens (tertiary/aromatic N) is 1. The number of rotatable bonds is 9. The van der Waals surface area contributed by atoms with Gasteiger partial charge in [-0.1, -0.05) is 24.3 Å². The largest absolute Gasteiger partial charge is 0.391 e. The molecule has 2 atom stereocenters. The molecule has 0 aromatic heterocycles. The molecule has 0 heterocycles. The van der Waals surface area contributed by atoms with E-state index in [9.17, 15) is 19.5 Å². The van der Waals surface area contributed by atoms with Crippen LogP contribution in [0.2, 0.25) is 0 Å². The van der Waals surface area contributed by atoms with Gasteiger partial charge in [-0.15, -0.1) is 0 Å². The summed E-state index contributed by atoms with van der Waals surface area (Å²) in [5.41, 5.74) is 3.96. The van der Waals surface area contributed by atoms with Crippen LogP contribution in [0.5, 0.6) is 0 Å². The molecule has 0 fully saturated rings. The predicted octanol–water partition coefficient (Wildman–Crippen LogP) is 0.390. The standard InChI is InChI=1S/C21H23N5O5/c1-13(27)19(21(30)26-31)25-20(29)16-4-2-14(3-5-16)15-6-8-17(9-7-15)24-18(28)12-23-11-10-22/h2-9,13,19,23,27,31H,11-12H2,1H3,(H,24,28)(H,25,29)(H,26,30)/t13-,19+/m1/s1. The summed E-state index contributed by atoms with van der Waals surface area (Å²) >= 11 is 0. The Balaban J connectivity index is 2.01. The fourth-order valence-corrected chi connectivity index (χ4v) is 2.70. The van der Waals surface area contributed by atoms with Gasteiger partial charge in [0, 0.05) is 11.3 Å². The normalized spacial score (nSPS) is 12.2. The van der Waals surface area contributed by atoms with Crippen LogP contribution in [0, 0.1) is 11.3 Å². The van der Waals surface area contributed by atoms with Crippen LogP contribution in [0.25, 0.3) is 11.1 Å². The molecule has 0 saturated carbocycles. The highest BCUT2D eigenvalue weighted by Crippen LogP contribution is 2.22. The second-order valence-corrected chi connectivity index (χ2v) is 6.63. The van der Waals surface area contributed by atoms with Gasteiger partial charge in [0.15, 0.2) is 0 Å². The summed E-state index contributed by atoms with van der Waals surface area (Å²) in [5, 5.41) is 34.5. The van der Waals surface area contributed by atoms with E-state index in [0.717, 1.165) is 11.1 Å². The average molecular weight is 425 g/mol. The number of nitrogens with one attached hydrogen (secondary N) is 4. The van der Waals surface area contributed by atoms with Gasteiger partial charge in [-0.05, 0) is 42.3 Å². The van der Waals surface area contributed by atoms with Crippen molar-refractivity contribution in [3.8, 4) is 17.2 Å². The fourth-order valence-electron chi connectivity index (χ4n) is 2.70. The van der Waals surface area contributed by atoms with E-state index in [0.29, 0.717) is 5.69 Å². The molecule has 0 bridgehead atoms. The fraction of sp³-hybridized carbons (Fsp3) is 0.238. The maximum atomic E-state index is 12.3. The minimum atomic E-state index is -1.30. The predicted molar refractivity (Wildman–Crippen MR) is 112 cm³/mol. The molecular weight excluding hydrogens is 402 g/mol. The molecule has 10 heteroatoms. The number of hydrogen-bond acceptors (Lipinski definition) is 7. The van der Waals surface area contributed by atoms with Crippen LogP contribution in [0.1, 0.15) is 17.3 Å². The number of nitriles is 1. The lowest BCUT2D eigenvalue weighted by atomic mass is 10.0. The monoisotopic (exact) mass is 425 g/mol. The SMILES string of the molecule is C[C@@H](O)[C@H](NC(=O)c1ccc(-c2ccc(NC(=O)CNCC#N)cc2)cc1)C(=O)NO. The van der Waals surface area contributed by atoms with E-state index in [1.165, 1.54) is 12.4 Å². The van der Waals surface area contributed by atoms with Crippen LogP contribution in [-0.4, -0.2) is 53.3 Å². The van der Waals surface area contributed by atoms with Crippen molar-refractivity contribution in [3.05, 3.63) is 54.1 Å². The van der Waals surface area contributed by atoms with Crippen LogP contribution in [0.3, 0.4) is 0 Å². The molecule has 10 nitrogen and oxygen atoms in total. The Labute approximate surface area is 178 Å². The van der Waals surface area contributed by atoms with Gasteiger partial charge in [-0.2, -0.15) is 5.26 Å². The van der Waals surface area contributed by atoms with Gasteiger partial charge in [0.05, 0.1) is 25.3 Å². The molecule has 0 spiro atoms. The van der Waals surface area contributed by atoms with E-state index < -0.39 is 24.0 Å². The zero-order chi connectivity index (χ0) is 22.8. The molecule has 0 radical (unpaired) electrons. The van der Waals surface area contributed by atoms with Gasteiger partial charge in [-0.3, -0.25) is 24.9 Å². The molecule has 0 aliphatic carbocycles. The second-order valence-electron chi connectivity index (χ2n) is 6.63. The summed E-state index contributed by atoms with van der Waals surface area (Å²) in [6.45, 7) is 1.45. The Bertz CT molecular complexity index is 952. The smallest absolute Gasteiger partial charge is 0.268 e. The minimum absolute atomic E-state index is 0.0364. The first-order valence-electron chi connectivity index (χ1n) is 9.36. The summed E-state index contributed by atoms with van der Waals surface area (Å²) in [7, 11) is 0. The summed E-state index contributed by atoms with van der Waals surface area (Å²) in [4.78, 5) is 35.6. The lowest BCUT2D eigenvalue weighted by Crippen LogP contribution is -2.51. The lowest BCUT2D eigenvalue weighted by Gasteiger charge is -2.19. The second kappa shape index (κ2) is 11.4. The Morgan fingerprint density at radius 3 is 2.13 bits per heavy atom. The summed E-state index contributed by atoms with van der Waals surface area (Å²) < 4.78 is 0. The topological polar surface area (TPSA) is 164 Å². The number of hydrogen-bond donors (Lipinski definition) is 6. The van der Waals surface area contributed by atoms with E-state index in [-0.39, 0.29) is 24.6 Å². The molecule has 0 aliphatic rings. The van der Waals surface area contributed by atoms with E-state index in [1.807, 2.05) is 18.2 Å². The van der Waals surface area contributed by atoms with Crippen LogP contribution in [0.15, 0.2) is 48.5 Å². The highest BCUT2D eigenvalue weighted by atomic mass is 16.5. The number of aliphatic hydroxyl groups excluding tert-OH is 1. The van der Waals surface area contributed by atoms with Gasteiger partial charge in [0.25, 0.3) is 11.8 Å². The van der Waals surface area contributed by atoms with Gasteiger partial charge < -0.3 is 15.7 Å². The maximum absolute atomic E-state index is 12.3. The quantitative estimate of drug-likeness (QED) is 0.146. The van der Waals surface area contributed by atoms with E-state index in [1.54, 1.807) is 36.4 Å². The van der Waals surface area contributed by atoms with Crippen molar-refractivity contribution >= 4 is 23.4 Å². The third-order valence-electron chi connectivity index (χ3n) is 4.30. The first-order chi connectivity index (χ1) is 14.8. The van der Waals surface area contributed by atoms with Crippen LogP contribution in [0.4, 0.5) is 5.69 Å². The maximum Gasteiger partial charge on any atom is 0.268 e. The molecule has 162 valence electrons. The number of aliphatic hydroxyl groups is 1. The summed E-state index contributed by atoms with van der Waals surface area (Å²) in [6, 6.07) is 14.3. The number of benzene rings is 2. The van der Waals surface area contributed by atoms with Crippen molar-refractivity contribution < 1.29 is 24.7 Å². The Kier molecular flexibility index (Phi) is 8.65. The number of carbonyl (C=O) groups is 3. The third-order valence-corrected chi connectivity index (χ3v) is 4.30. The Morgan fingerprint density at radius 1 is 1.03 bits per heavy atom. The highest BCUT2D eigenvalue weighted by molar-refractivity contribution is 5.98. The molecule has 2 aromatic carbocycles. The number of anilines is 1. The zero-order valence-corrected chi connectivity index (χ0v) is 16.8. The molecule has 2 aromatic rings. The number of carbonyl (C=O) groups excluding carboxylic acids is 3. The van der Waals surface area contributed by atoms with Gasteiger partial charge >= 0.3 is 0 Å². The molecule has 0 aliphatic heterocycles. The molecule has 2 rings (SSSR count). The van der Waals surface area contributed by atoms with Crippen molar-refractivity contribution in [2.45, 2.75) is 19.1 Å². The summed E-state index contributed by atoms with van der Waals surface area (Å²) in [6.07, 6.45) is -1.20. The first kappa shape index (κ1) is 23.5. The Hall–Kier alpha value is -3.78. The van der Waals surface area contributed by atoms with E-state index in [4.69, 9.17) is 10.5 Å². The molecule has 6 N–H and O–H groups in total. The van der Waals surface area contributed by atoms with Gasteiger partial charge in [0.2, 0.25) is 5.91 Å². The van der Waals surface area contributed by atoms with Crippen LogP contribution >= 0.6 is 0 Å². The van der Waals surface area contributed by atoms with Crippen molar-refractivity contribution in [1.29, 1.82) is 5.26 Å². The third kappa shape index (κ3) is 6.90. The van der Waals surface area contributed by atoms with Crippen LogP contribution < -0.4 is 21.4 Å². The van der Waals surface area contributed by atoms with Crippen molar-refractivity contribution in [2.75, 3.05) is 18.4 Å². The van der Waals surface area contributed by atoms with E-state index in [2.05, 4.69) is 16.0 Å².